The van der Waals surface area contributed by atoms with Crippen LogP contribution >= 0.6 is 0 Å². The molecule has 0 N–H and O–H groups in total. The lowest BCUT2D eigenvalue weighted by Crippen LogP contribution is -2.23. The minimum Gasteiger partial charge on any atom is -0.466 e. The fourth-order valence-corrected chi connectivity index (χ4v) is 2.42. The number of hydrogen-bond acceptors (Lipinski definition) is 2. The Kier molecular flexibility index (Phi) is 3.95. The van der Waals surface area contributed by atoms with E-state index in [1.807, 2.05) is 6.92 Å². The Morgan fingerprint density at radius 2 is 2.13 bits per heavy atom. The molecule has 0 fully saturated rings. The van der Waals surface area contributed by atoms with Crippen molar-refractivity contribution in [2.45, 2.75) is 53.4 Å². The number of esters is 1. The van der Waals surface area contributed by atoms with Gasteiger partial charge < -0.3 is 4.74 Å². The van der Waals surface area contributed by atoms with E-state index in [1.165, 1.54) is 24.0 Å². The van der Waals surface area contributed by atoms with Crippen molar-refractivity contribution in [2.75, 3.05) is 6.61 Å². The number of carbonyl (C=O) groups excluding carboxylic acids is 1. The van der Waals surface area contributed by atoms with E-state index in [9.17, 15) is 4.79 Å². The highest BCUT2D eigenvalue weighted by Crippen LogP contribution is 2.41. The van der Waals surface area contributed by atoms with E-state index in [1.54, 1.807) is 0 Å². The summed E-state index contributed by atoms with van der Waals surface area (Å²) in [6.07, 6.45) is 4.04. The SMILES string of the molecule is CCOC(=O)CC1=C(C)CCCC1(C)C. The van der Waals surface area contributed by atoms with Crippen LogP contribution in [0, 0.1) is 5.41 Å². The summed E-state index contributed by atoms with van der Waals surface area (Å²) < 4.78 is 5.01. The molecule has 0 saturated heterocycles. The first-order valence-corrected chi connectivity index (χ1v) is 5.82. The van der Waals surface area contributed by atoms with Gasteiger partial charge in [-0.1, -0.05) is 25.0 Å². The molecular formula is C13H22O2. The molecule has 0 amide bonds. The van der Waals surface area contributed by atoms with Crippen LogP contribution in [0.5, 0.6) is 0 Å². The Labute approximate surface area is 92.7 Å². The van der Waals surface area contributed by atoms with Crippen LogP contribution in [0.25, 0.3) is 0 Å². The van der Waals surface area contributed by atoms with E-state index in [-0.39, 0.29) is 11.4 Å². The molecule has 0 unspecified atom stereocenters. The summed E-state index contributed by atoms with van der Waals surface area (Å²) in [6.45, 7) is 8.93. The number of carbonyl (C=O) groups is 1. The van der Waals surface area contributed by atoms with Crippen molar-refractivity contribution in [2.24, 2.45) is 5.41 Å². The molecule has 0 heterocycles. The third-order valence-electron chi connectivity index (χ3n) is 3.31. The van der Waals surface area contributed by atoms with E-state index in [0.29, 0.717) is 13.0 Å². The highest BCUT2D eigenvalue weighted by Gasteiger charge is 2.29. The second kappa shape index (κ2) is 4.82. The normalized spacial score (nSPS) is 20.3. The van der Waals surface area contributed by atoms with Gasteiger partial charge in [0, 0.05) is 0 Å². The number of rotatable bonds is 3. The van der Waals surface area contributed by atoms with Crippen molar-refractivity contribution in [1.29, 1.82) is 0 Å². The van der Waals surface area contributed by atoms with Gasteiger partial charge in [0.1, 0.15) is 0 Å². The first kappa shape index (κ1) is 12.3. The molecule has 0 aromatic heterocycles. The quantitative estimate of drug-likeness (QED) is 0.526. The minimum absolute atomic E-state index is 0.0816. The molecule has 0 atom stereocenters. The van der Waals surface area contributed by atoms with Crippen molar-refractivity contribution < 1.29 is 9.53 Å². The van der Waals surface area contributed by atoms with Crippen LogP contribution in [0.15, 0.2) is 11.1 Å². The van der Waals surface area contributed by atoms with E-state index < -0.39 is 0 Å². The van der Waals surface area contributed by atoms with E-state index in [0.717, 1.165) is 6.42 Å². The Hall–Kier alpha value is -0.790. The number of hydrogen-bond donors (Lipinski definition) is 0. The van der Waals surface area contributed by atoms with Gasteiger partial charge in [-0.3, -0.25) is 4.79 Å². The highest BCUT2D eigenvalue weighted by atomic mass is 16.5. The fraction of sp³-hybridized carbons (Fsp3) is 0.769. The van der Waals surface area contributed by atoms with Crippen LogP contribution in [-0.4, -0.2) is 12.6 Å². The number of ether oxygens (including phenoxy) is 1. The largest absolute Gasteiger partial charge is 0.466 e. The molecule has 0 aromatic carbocycles. The Balaban J connectivity index is 2.76. The summed E-state index contributed by atoms with van der Waals surface area (Å²) in [7, 11) is 0. The summed E-state index contributed by atoms with van der Waals surface area (Å²) in [5, 5.41) is 0. The molecule has 1 aliphatic rings. The maximum atomic E-state index is 11.5. The van der Waals surface area contributed by atoms with Gasteiger partial charge >= 0.3 is 5.97 Å². The zero-order valence-electron chi connectivity index (χ0n) is 10.4. The third kappa shape index (κ3) is 3.08. The molecule has 0 aromatic rings. The van der Waals surface area contributed by atoms with Gasteiger partial charge in [0.25, 0.3) is 0 Å². The summed E-state index contributed by atoms with van der Waals surface area (Å²) >= 11 is 0. The Morgan fingerprint density at radius 3 is 2.67 bits per heavy atom. The van der Waals surface area contributed by atoms with Gasteiger partial charge in [-0.05, 0) is 38.5 Å². The predicted molar refractivity (Wildman–Crippen MR) is 61.6 cm³/mol. The third-order valence-corrected chi connectivity index (χ3v) is 3.31. The summed E-state index contributed by atoms with van der Waals surface area (Å²) in [4.78, 5) is 11.5. The molecule has 1 aliphatic carbocycles. The van der Waals surface area contributed by atoms with Crippen molar-refractivity contribution in [1.82, 2.24) is 0 Å². The average molecular weight is 210 g/mol. The zero-order chi connectivity index (χ0) is 11.5. The molecule has 0 aliphatic heterocycles. The van der Waals surface area contributed by atoms with Gasteiger partial charge in [-0.25, -0.2) is 0 Å². The van der Waals surface area contributed by atoms with Gasteiger partial charge in [0.05, 0.1) is 13.0 Å². The summed E-state index contributed by atoms with van der Waals surface area (Å²) in [5.74, 6) is -0.0816. The van der Waals surface area contributed by atoms with Crippen molar-refractivity contribution in [3.05, 3.63) is 11.1 Å². The molecule has 15 heavy (non-hydrogen) atoms. The molecule has 0 saturated carbocycles. The summed E-state index contributed by atoms with van der Waals surface area (Å²) in [6, 6.07) is 0. The highest BCUT2D eigenvalue weighted by molar-refractivity contribution is 5.73. The lowest BCUT2D eigenvalue weighted by Gasteiger charge is -2.34. The lowest BCUT2D eigenvalue weighted by atomic mass is 9.71. The van der Waals surface area contributed by atoms with Crippen LogP contribution in [0.2, 0.25) is 0 Å². The van der Waals surface area contributed by atoms with Gasteiger partial charge in [0.15, 0.2) is 0 Å². The maximum absolute atomic E-state index is 11.5. The van der Waals surface area contributed by atoms with Crippen molar-refractivity contribution >= 4 is 5.97 Å². The molecule has 0 radical (unpaired) electrons. The van der Waals surface area contributed by atoms with E-state index in [4.69, 9.17) is 4.74 Å². The molecule has 0 bridgehead atoms. The molecule has 1 rings (SSSR count). The first-order chi connectivity index (χ1) is 6.97. The van der Waals surface area contributed by atoms with E-state index >= 15 is 0 Å². The Bertz CT molecular complexity index is 274. The zero-order valence-corrected chi connectivity index (χ0v) is 10.4. The topological polar surface area (TPSA) is 26.3 Å². The first-order valence-electron chi connectivity index (χ1n) is 5.82. The second-order valence-electron chi connectivity index (χ2n) is 4.98. The second-order valence-corrected chi connectivity index (χ2v) is 4.98. The molecule has 2 heteroatoms. The van der Waals surface area contributed by atoms with Crippen molar-refractivity contribution in [3.63, 3.8) is 0 Å². The minimum atomic E-state index is -0.0816. The molecule has 2 nitrogen and oxygen atoms in total. The average Bonchev–Trinajstić information content (AvgIpc) is 2.12. The molecule has 86 valence electrons. The smallest absolute Gasteiger partial charge is 0.309 e. The predicted octanol–water partition coefficient (Wildman–Crippen LogP) is 3.47. The van der Waals surface area contributed by atoms with Crippen LogP contribution in [0.1, 0.15) is 53.4 Å². The fourth-order valence-electron chi connectivity index (χ4n) is 2.42. The van der Waals surface area contributed by atoms with Crippen molar-refractivity contribution in [3.8, 4) is 0 Å². The van der Waals surface area contributed by atoms with Crippen LogP contribution < -0.4 is 0 Å². The van der Waals surface area contributed by atoms with Crippen LogP contribution in [0.4, 0.5) is 0 Å². The van der Waals surface area contributed by atoms with E-state index in [2.05, 4.69) is 20.8 Å². The summed E-state index contributed by atoms with van der Waals surface area (Å²) in [5.41, 5.74) is 2.86. The standard InChI is InChI=1S/C13H22O2/c1-5-15-12(14)9-11-10(2)7-6-8-13(11,3)4/h5-9H2,1-4H3. The molecule has 0 spiro atoms. The van der Waals surface area contributed by atoms with Gasteiger partial charge in [-0.2, -0.15) is 0 Å². The monoisotopic (exact) mass is 210 g/mol. The molecular weight excluding hydrogens is 188 g/mol. The lowest BCUT2D eigenvalue weighted by molar-refractivity contribution is -0.142. The van der Waals surface area contributed by atoms with Gasteiger partial charge in [-0.15, -0.1) is 0 Å². The Morgan fingerprint density at radius 1 is 1.47 bits per heavy atom. The number of allylic oxidation sites excluding steroid dienone is 1. The van der Waals surface area contributed by atoms with Crippen LogP contribution in [0.3, 0.4) is 0 Å². The van der Waals surface area contributed by atoms with Crippen LogP contribution in [-0.2, 0) is 9.53 Å². The maximum Gasteiger partial charge on any atom is 0.309 e. The van der Waals surface area contributed by atoms with Gasteiger partial charge in [0.2, 0.25) is 0 Å².